The molecule has 0 radical (unpaired) electrons. The normalized spacial score (nSPS) is 21.3. The van der Waals surface area contributed by atoms with Gasteiger partial charge in [0.05, 0.1) is 5.92 Å². The summed E-state index contributed by atoms with van der Waals surface area (Å²) in [6.07, 6.45) is 1.68. The fraction of sp³-hybridized carbons (Fsp3) is 0.417. The molecule has 1 saturated heterocycles. The van der Waals surface area contributed by atoms with Crippen molar-refractivity contribution in [2.45, 2.75) is 25.7 Å². The molecule has 0 bridgehead atoms. The molecule has 1 fully saturated rings. The summed E-state index contributed by atoms with van der Waals surface area (Å²) in [5, 5.41) is 1.26. The van der Waals surface area contributed by atoms with Gasteiger partial charge < -0.3 is 0 Å². The van der Waals surface area contributed by atoms with E-state index in [1.54, 1.807) is 19.1 Å². The molecule has 1 aliphatic heterocycles. The molecular weight excluding hydrogens is 207 g/mol. The van der Waals surface area contributed by atoms with Crippen LogP contribution in [0.3, 0.4) is 0 Å². The largest absolute Gasteiger partial charge is 0.280 e. The number of hydrogen-bond acceptors (Lipinski definition) is 2. The molecule has 2 rings (SSSR count). The number of aryl methyl sites for hydroxylation is 1. The topological polar surface area (TPSA) is 46.3 Å². The lowest BCUT2D eigenvalue weighted by molar-refractivity contribution is -0.135. The Bertz CT molecular complexity index is 419. The van der Waals surface area contributed by atoms with Crippen LogP contribution in [-0.4, -0.2) is 17.5 Å². The van der Waals surface area contributed by atoms with E-state index in [-0.39, 0.29) is 17.6 Å². The van der Waals surface area contributed by atoms with Crippen molar-refractivity contribution in [2.75, 3.05) is 6.54 Å². The van der Waals surface area contributed by atoms with Gasteiger partial charge in [-0.2, -0.15) is 0 Å². The molecule has 1 amide bonds. The van der Waals surface area contributed by atoms with Gasteiger partial charge in [0.2, 0.25) is 5.91 Å². The van der Waals surface area contributed by atoms with Crippen LogP contribution >= 0.6 is 0 Å². The number of nitrogens with two attached hydrogens (primary N) is 1. The van der Waals surface area contributed by atoms with Crippen molar-refractivity contribution in [3.8, 4) is 0 Å². The minimum atomic E-state index is -0.239. The van der Waals surface area contributed by atoms with Crippen LogP contribution in [0.4, 0.5) is 4.39 Å². The first-order chi connectivity index (χ1) is 7.59. The number of nitrogens with zero attached hydrogens (tertiary/aromatic N) is 1. The van der Waals surface area contributed by atoms with E-state index in [9.17, 15) is 9.18 Å². The third-order valence-electron chi connectivity index (χ3n) is 3.06. The molecule has 1 unspecified atom stereocenters. The minimum absolute atomic E-state index is 0.0720. The molecule has 0 spiro atoms. The van der Waals surface area contributed by atoms with Gasteiger partial charge >= 0.3 is 0 Å². The SMILES string of the molecule is Cc1cc(C2CCCN(N)C2=O)ccc1F. The van der Waals surface area contributed by atoms with E-state index >= 15 is 0 Å². The maximum atomic E-state index is 13.1. The number of benzene rings is 1. The third kappa shape index (κ3) is 1.93. The highest BCUT2D eigenvalue weighted by Gasteiger charge is 2.28. The van der Waals surface area contributed by atoms with Gasteiger partial charge in [-0.25, -0.2) is 10.2 Å². The second kappa shape index (κ2) is 4.22. The monoisotopic (exact) mass is 222 g/mol. The van der Waals surface area contributed by atoms with Crippen molar-refractivity contribution in [3.63, 3.8) is 0 Å². The standard InChI is InChI=1S/C12H15FN2O/c1-8-7-9(4-5-11(8)13)10-3-2-6-15(14)12(10)16/h4-5,7,10H,2-3,6,14H2,1H3. The molecule has 86 valence electrons. The van der Waals surface area contributed by atoms with Gasteiger partial charge in [0, 0.05) is 6.54 Å². The van der Waals surface area contributed by atoms with Crippen LogP contribution in [0, 0.1) is 12.7 Å². The van der Waals surface area contributed by atoms with E-state index in [2.05, 4.69) is 0 Å². The molecule has 1 atom stereocenters. The van der Waals surface area contributed by atoms with E-state index in [0.717, 1.165) is 18.4 Å². The average molecular weight is 222 g/mol. The Balaban J connectivity index is 2.29. The van der Waals surface area contributed by atoms with E-state index in [1.807, 2.05) is 0 Å². The molecule has 1 heterocycles. The summed E-state index contributed by atoms with van der Waals surface area (Å²) in [5.41, 5.74) is 1.43. The summed E-state index contributed by atoms with van der Waals surface area (Å²) in [6, 6.07) is 4.81. The quantitative estimate of drug-likeness (QED) is 0.581. The number of hydrogen-bond donors (Lipinski definition) is 1. The Hall–Kier alpha value is -1.42. The summed E-state index contributed by atoms with van der Waals surface area (Å²) in [6.45, 7) is 2.31. The molecule has 4 heteroatoms. The Labute approximate surface area is 94.0 Å². The van der Waals surface area contributed by atoms with Gasteiger partial charge in [-0.05, 0) is 37.0 Å². The Kier molecular flexibility index (Phi) is 2.92. The Morgan fingerprint density at radius 3 is 2.94 bits per heavy atom. The average Bonchev–Trinajstić information content (AvgIpc) is 2.26. The lowest BCUT2D eigenvalue weighted by Crippen LogP contribution is -2.44. The fourth-order valence-electron chi connectivity index (χ4n) is 2.09. The Morgan fingerprint density at radius 2 is 2.25 bits per heavy atom. The van der Waals surface area contributed by atoms with Gasteiger partial charge in [0.1, 0.15) is 5.82 Å². The van der Waals surface area contributed by atoms with E-state index in [1.165, 1.54) is 11.1 Å². The van der Waals surface area contributed by atoms with E-state index in [4.69, 9.17) is 5.84 Å². The highest BCUT2D eigenvalue weighted by molar-refractivity contribution is 5.83. The number of amides is 1. The molecule has 1 aromatic rings. The minimum Gasteiger partial charge on any atom is -0.280 e. The maximum Gasteiger partial charge on any atom is 0.243 e. The van der Waals surface area contributed by atoms with Crippen molar-refractivity contribution in [3.05, 3.63) is 35.1 Å². The molecule has 3 nitrogen and oxygen atoms in total. The van der Waals surface area contributed by atoms with Crippen LogP contribution in [0.1, 0.15) is 29.9 Å². The van der Waals surface area contributed by atoms with Crippen LogP contribution in [0.5, 0.6) is 0 Å². The zero-order valence-electron chi connectivity index (χ0n) is 9.24. The molecule has 1 aromatic carbocycles. The number of halogens is 1. The zero-order chi connectivity index (χ0) is 11.7. The zero-order valence-corrected chi connectivity index (χ0v) is 9.24. The number of hydrazine groups is 1. The highest BCUT2D eigenvalue weighted by atomic mass is 19.1. The summed E-state index contributed by atoms with van der Waals surface area (Å²) < 4.78 is 13.1. The van der Waals surface area contributed by atoms with E-state index < -0.39 is 0 Å². The molecule has 1 aliphatic rings. The Morgan fingerprint density at radius 1 is 1.50 bits per heavy atom. The second-order valence-electron chi connectivity index (χ2n) is 4.24. The van der Waals surface area contributed by atoms with Crippen molar-refractivity contribution < 1.29 is 9.18 Å². The predicted octanol–water partition coefficient (Wildman–Crippen LogP) is 1.71. The van der Waals surface area contributed by atoms with Gasteiger partial charge in [0.15, 0.2) is 0 Å². The summed E-state index contributed by atoms with van der Waals surface area (Å²) >= 11 is 0. The van der Waals surface area contributed by atoms with Gasteiger partial charge in [0.25, 0.3) is 0 Å². The maximum absolute atomic E-state index is 13.1. The fourth-order valence-corrected chi connectivity index (χ4v) is 2.09. The smallest absolute Gasteiger partial charge is 0.243 e. The second-order valence-corrected chi connectivity index (χ2v) is 4.24. The van der Waals surface area contributed by atoms with E-state index in [0.29, 0.717) is 12.1 Å². The third-order valence-corrected chi connectivity index (χ3v) is 3.06. The lowest BCUT2D eigenvalue weighted by atomic mass is 9.89. The number of carbonyl (C=O) groups is 1. The number of piperidine rings is 1. The molecule has 16 heavy (non-hydrogen) atoms. The van der Waals surface area contributed by atoms with Crippen LogP contribution in [0.15, 0.2) is 18.2 Å². The van der Waals surface area contributed by atoms with Crippen molar-refractivity contribution in [1.29, 1.82) is 0 Å². The molecule has 0 aliphatic carbocycles. The van der Waals surface area contributed by atoms with Crippen molar-refractivity contribution in [2.24, 2.45) is 5.84 Å². The summed E-state index contributed by atoms with van der Waals surface area (Å²) in [7, 11) is 0. The summed E-state index contributed by atoms with van der Waals surface area (Å²) in [5.74, 6) is 5.06. The summed E-state index contributed by atoms with van der Waals surface area (Å²) in [4.78, 5) is 11.8. The van der Waals surface area contributed by atoms with Crippen LogP contribution in [0.25, 0.3) is 0 Å². The molecular formula is C12H15FN2O. The first-order valence-corrected chi connectivity index (χ1v) is 5.41. The van der Waals surface area contributed by atoms with Crippen LogP contribution in [-0.2, 0) is 4.79 Å². The molecule has 2 N–H and O–H groups in total. The van der Waals surface area contributed by atoms with Crippen LogP contribution in [0.2, 0.25) is 0 Å². The highest BCUT2D eigenvalue weighted by Crippen LogP contribution is 2.27. The predicted molar refractivity (Wildman–Crippen MR) is 59.0 cm³/mol. The van der Waals surface area contributed by atoms with Crippen LogP contribution < -0.4 is 5.84 Å². The number of rotatable bonds is 1. The van der Waals surface area contributed by atoms with Crippen molar-refractivity contribution >= 4 is 5.91 Å². The van der Waals surface area contributed by atoms with Crippen molar-refractivity contribution in [1.82, 2.24) is 5.01 Å². The lowest BCUT2D eigenvalue weighted by Gasteiger charge is -2.28. The van der Waals surface area contributed by atoms with Gasteiger partial charge in [-0.15, -0.1) is 0 Å². The first kappa shape index (κ1) is 11.1. The first-order valence-electron chi connectivity index (χ1n) is 5.41. The van der Waals surface area contributed by atoms with Gasteiger partial charge in [-0.3, -0.25) is 9.80 Å². The van der Waals surface area contributed by atoms with Gasteiger partial charge in [-0.1, -0.05) is 12.1 Å². The molecule has 0 saturated carbocycles. The molecule has 0 aromatic heterocycles. The number of carbonyl (C=O) groups excluding carboxylic acids is 1.